The van der Waals surface area contributed by atoms with Gasteiger partial charge in [-0.3, -0.25) is 14.4 Å². The van der Waals surface area contributed by atoms with Crippen molar-refractivity contribution in [2.75, 3.05) is 0 Å². The van der Waals surface area contributed by atoms with Crippen molar-refractivity contribution in [3.8, 4) is 0 Å². The van der Waals surface area contributed by atoms with E-state index >= 15 is 0 Å². The summed E-state index contributed by atoms with van der Waals surface area (Å²) in [5.74, 6) is 5.99. The predicted molar refractivity (Wildman–Crippen MR) is 165 cm³/mol. The van der Waals surface area contributed by atoms with E-state index in [1.165, 1.54) is 25.7 Å². The Bertz CT molecular complexity index is 1130. The van der Waals surface area contributed by atoms with Gasteiger partial charge in [0.2, 0.25) is 0 Å². The Morgan fingerprint density at radius 1 is 0.786 bits per heavy atom. The van der Waals surface area contributed by atoms with Crippen LogP contribution in [-0.4, -0.2) is 23.5 Å². The first-order chi connectivity index (χ1) is 18.3. The fourth-order valence-corrected chi connectivity index (χ4v) is 14.3. The molecular weight excluding hydrogens is 524 g/mol. The molecule has 238 valence electrons. The number of rotatable bonds is 4. The molecule has 9 saturated carbocycles. The number of esters is 3. The Balaban J connectivity index is 0.000000882. The Labute approximate surface area is 256 Å². The van der Waals surface area contributed by atoms with Gasteiger partial charge in [0.15, 0.2) is 0 Å². The van der Waals surface area contributed by atoms with Crippen LogP contribution in [0.5, 0.6) is 0 Å². The minimum absolute atomic E-state index is 0. The average molecular weight is 585 g/mol. The maximum atomic E-state index is 14.1. The molecule has 1 spiro atoms. The lowest BCUT2D eigenvalue weighted by molar-refractivity contribution is -0.216. The maximum Gasteiger partial charge on any atom is 0.317 e. The molecule has 42 heavy (non-hydrogen) atoms. The normalized spacial score (nSPS) is 56.2. The molecule has 17 atom stereocenters. The largest absolute Gasteiger partial charge is 0.458 e. The Kier molecular flexibility index (Phi) is 7.67. The topological polar surface area (TPSA) is 69.7 Å². The Morgan fingerprint density at radius 2 is 1.38 bits per heavy atom. The Hall–Kier alpha value is -1.39. The number of carbonyl (C=O) groups excluding carboxylic acids is 3. The molecule has 1 heterocycles. The first-order valence-corrected chi connectivity index (χ1v) is 16.3. The highest BCUT2D eigenvalue weighted by molar-refractivity contribution is 5.97. The third kappa shape index (κ3) is 3.41. The molecule has 0 aromatic carbocycles. The fourth-order valence-electron chi connectivity index (χ4n) is 14.3. The lowest BCUT2D eigenvalue weighted by Gasteiger charge is -2.57. The van der Waals surface area contributed by atoms with Crippen LogP contribution in [0.1, 0.15) is 115 Å². The second kappa shape index (κ2) is 10.1. The summed E-state index contributed by atoms with van der Waals surface area (Å²) < 4.78 is 12.0. The number of hydrogen-bond donors (Lipinski definition) is 0. The van der Waals surface area contributed by atoms with Crippen molar-refractivity contribution in [1.29, 1.82) is 0 Å². The minimum Gasteiger partial charge on any atom is -0.458 e. The van der Waals surface area contributed by atoms with Crippen LogP contribution >= 0.6 is 0 Å². The van der Waals surface area contributed by atoms with Crippen molar-refractivity contribution < 1.29 is 23.9 Å². The van der Waals surface area contributed by atoms with E-state index in [2.05, 4.69) is 20.8 Å². The molecule has 5 heteroatoms. The summed E-state index contributed by atoms with van der Waals surface area (Å²) in [7, 11) is 0. The van der Waals surface area contributed by atoms with Crippen molar-refractivity contribution in [3.63, 3.8) is 0 Å². The maximum absolute atomic E-state index is 14.1. The van der Waals surface area contributed by atoms with E-state index in [4.69, 9.17) is 9.47 Å². The van der Waals surface area contributed by atoms with Gasteiger partial charge in [-0.25, -0.2) is 0 Å². The third-order valence-electron chi connectivity index (χ3n) is 15.6. The van der Waals surface area contributed by atoms with E-state index in [1.807, 2.05) is 0 Å². The quantitative estimate of drug-likeness (QED) is 0.246. The molecule has 1 saturated heterocycles. The van der Waals surface area contributed by atoms with E-state index in [0.717, 1.165) is 62.2 Å². The lowest BCUT2D eigenvalue weighted by atomic mass is 9.46. The van der Waals surface area contributed by atoms with Gasteiger partial charge in [-0.15, -0.1) is 0 Å². The van der Waals surface area contributed by atoms with Gasteiger partial charge in [-0.2, -0.15) is 0 Å². The van der Waals surface area contributed by atoms with Crippen LogP contribution in [0.25, 0.3) is 0 Å². The number of fused-ring (bicyclic) bond motifs is 7. The number of hydrogen-bond acceptors (Lipinski definition) is 5. The van der Waals surface area contributed by atoms with Gasteiger partial charge in [0.05, 0.1) is 17.8 Å². The smallest absolute Gasteiger partial charge is 0.317 e. The second-order valence-corrected chi connectivity index (χ2v) is 15.8. The average Bonchev–Trinajstić information content (AvgIpc) is 3.27. The molecule has 10 rings (SSSR count). The zero-order chi connectivity index (χ0) is 25.9. The number of ether oxygens (including phenoxy) is 2. The highest BCUT2D eigenvalue weighted by Crippen LogP contribution is 2.86. The van der Waals surface area contributed by atoms with Crippen LogP contribution in [0.15, 0.2) is 0 Å². The molecule has 0 amide bonds. The van der Waals surface area contributed by atoms with Gasteiger partial charge in [0, 0.05) is 5.41 Å². The molecule has 1 aliphatic heterocycles. The van der Waals surface area contributed by atoms with Crippen molar-refractivity contribution >= 4 is 17.9 Å². The van der Waals surface area contributed by atoms with Crippen LogP contribution in [0.4, 0.5) is 0 Å². The van der Waals surface area contributed by atoms with Gasteiger partial charge in [-0.1, -0.05) is 56.9 Å². The van der Waals surface area contributed by atoms with Crippen LogP contribution in [0, 0.1) is 94.2 Å². The van der Waals surface area contributed by atoms with Crippen LogP contribution < -0.4 is 0 Å². The summed E-state index contributed by atoms with van der Waals surface area (Å²) >= 11 is 0. The predicted octanol–water partition coefficient (Wildman–Crippen LogP) is 8.20. The zero-order valence-electron chi connectivity index (χ0n) is 23.3. The molecule has 9 aliphatic carbocycles. The summed E-state index contributed by atoms with van der Waals surface area (Å²) in [6.07, 6.45) is 11.9. The molecule has 0 radical (unpaired) electrons. The molecule has 0 aromatic rings. The second-order valence-electron chi connectivity index (χ2n) is 15.8. The van der Waals surface area contributed by atoms with Crippen LogP contribution in [0.2, 0.25) is 0 Å². The SMILES string of the molecule is C.C.C.C.CCC1(OC(=O)C2CC3CC2C(C2C(C)C4CCC2C2C(=O)OC(=O)C42)C3C)CC2C3CCCC3C3CC231. The van der Waals surface area contributed by atoms with E-state index in [9.17, 15) is 14.4 Å². The summed E-state index contributed by atoms with van der Waals surface area (Å²) in [4.78, 5) is 39.5. The number of carbonyl (C=O) groups is 3. The highest BCUT2D eigenvalue weighted by atomic mass is 16.6. The molecule has 5 nitrogen and oxygen atoms in total. The molecule has 10 aliphatic rings. The van der Waals surface area contributed by atoms with E-state index in [-0.39, 0.29) is 82.8 Å². The van der Waals surface area contributed by atoms with Gasteiger partial charge < -0.3 is 9.47 Å². The Morgan fingerprint density at radius 3 is 2.02 bits per heavy atom. The first-order valence-electron chi connectivity index (χ1n) is 16.3. The van der Waals surface area contributed by atoms with E-state index < -0.39 is 0 Å². The summed E-state index contributed by atoms with van der Waals surface area (Å²) in [6, 6.07) is 0. The van der Waals surface area contributed by atoms with Crippen molar-refractivity contribution in [2.24, 2.45) is 94.2 Å². The van der Waals surface area contributed by atoms with Crippen molar-refractivity contribution in [2.45, 2.75) is 120 Å². The van der Waals surface area contributed by atoms with Crippen molar-refractivity contribution in [1.82, 2.24) is 0 Å². The summed E-state index contributed by atoms with van der Waals surface area (Å²) in [5.41, 5.74) is 0.143. The minimum atomic E-state index is -0.264. The molecule has 17 unspecified atom stereocenters. The number of cyclic esters (lactones) is 2. The first kappa shape index (κ1) is 32.0. The van der Waals surface area contributed by atoms with E-state index in [0.29, 0.717) is 40.9 Å². The third-order valence-corrected chi connectivity index (χ3v) is 15.6. The van der Waals surface area contributed by atoms with Crippen LogP contribution in [0.3, 0.4) is 0 Å². The molecule has 10 fully saturated rings. The summed E-state index contributed by atoms with van der Waals surface area (Å²) in [6.45, 7) is 7.02. The molecule has 0 N–H and O–H groups in total. The van der Waals surface area contributed by atoms with Crippen molar-refractivity contribution in [3.05, 3.63) is 0 Å². The molecule has 0 aromatic heterocycles. The van der Waals surface area contributed by atoms with Gasteiger partial charge >= 0.3 is 17.9 Å². The zero-order valence-corrected chi connectivity index (χ0v) is 23.3. The molecular formula is C37H60O5. The van der Waals surface area contributed by atoms with E-state index in [1.54, 1.807) is 0 Å². The summed E-state index contributed by atoms with van der Waals surface area (Å²) in [5, 5.41) is 0. The van der Waals surface area contributed by atoms with Gasteiger partial charge in [0.25, 0.3) is 0 Å². The fraction of sp³-hybridized carbons (Fsp3) is 0.919. The monoisotopic (exact) mass is 584 g/mol. The molecule has 4 bridgehead atoms. The van der Waals surface area contributed by atoms with Crippen LogP contribution in [-0.2, 0) is 23.9 Å². The highest BCUT2D eigenvalue weighted by Gasteiger charge is 2.85. The van der Waals surface area contributed by atoms with Gasteiger partial charge in [-0.05, 0) is 129 Å². The standard InChI is InChI=1S/C33H44O5.4CH4/c1-4-32(12-23-18-6-5-7-19(18)24-13-33(23,24)32)38-29(34)22-11-16-10-21(22)25(14(16)2)26-15(3)17-8-9-20(26)28-27(17)30(35)37-31(28)36;;;;/h14-28H,4-13H2,1-3H3;4*1H4. The lowest BCUT2D eigenvalue weighted by Crippen LogP contribution is -2.60. The van der Waals surface area contributed by atoms with Gasteiger partial charge in [0.1, 0.15) is 5.60 Å².